The third-order valence-corrected chi connectivity index (χ3v) is 6.90. The van der Waals surface area contributed by atoms with Crippen molar-refractivity contribution in [1.29, 1.82) is 0 Å². The molecular formula is C25H34ClN3O5S. The molecule has 2 aromatic rings. The zero-order valence-electron chi connectivity index (χ0n) is 21.3. The summed E-state index contributed by atoms with van der Waals surface area (Å²) in [6, 6.07) is 11.1. The van der Waals surface area contributed by atoms with Gasteiger partial charge in [-0.3, -0.25) is 13.9 Å². The summed E-state index contributed by atoms with van der Waals surface area (Å²) in [5, 5.41) is 3.27. The van der Waals surface area contributed by atoms with E-state index in [0.717, 1.165) is 16.1 Å². The minimum atomic E-state index is -3.83. The second kappa shape index (κ2) is 11.3. The highest BCUT2D eigenvalue weighted by molar-refractivity contribution is 7.92. The Labute approximate surface area is 213 Å². The van der Waals surface area contributed by atoms with Crippen LogP contribution in [-0.4, -0.2) is 56.6 Å². The van der Waals surface area contributed by atoms with E-state index in [1.54, 1.807) is 63.4 Å². The summed E-state index contributed by atoms with van der Waals surface area (Å²) in [5.41, 5.74) is 1.10. The van der Waals surface area contributed by atoms with Gasteiger partial charge in [0, 0.05) is 17.1 Å². The minimum Gasteiger partial charge on any atom is -0.497 e. The molecule has 0 heterocycles. The number of rotatable bonds is 9. The SMILES string of the molecule is COc1ccc(CN(C(=O)CN(c2cccc(Cl)c2C)S(C)(=O)=O)[C@H](C)C(=O)NC(C)(C)C)cc1. The predicted octanol–water partition coefficient (Wildman–Crippen LogP) is 3.76. The van der Waals surface area contributed by atoms with Gasteiger partial charge in [-0.25, -0.2) is 8.42 Å². The number of hydrogen-bond donors (Lipinski definition) is 1. The van der Waals surface area contributed by atoms with Crippen LogP contribution in [0.2, 0.25) is 5.02 Å². The third-order valence-electron chi connectivity index (χ3n) is 5.36. The van der Waals surface area contributed by atoms with Crippen molar-refractivity contribution in [2.24, 2.45) is 0 Å². The maximum absolute atomic E-state index is 13.6. The summed E-state index contributed by atoms with van der Waals surface area (Å²) in [6.07, 6.45) is 1.03. The van der Waals surface area contributed by atoms with Crippen molar-refractivity contribution in [2.75, 3.05) is 24.2 Å². The maximum Gasteiger partial charge on any atom is 0.244 e. The second-order valence-electron chi connectivity index (χ2n) is 9.44. The lowest BCUT2D eigenvalue weighted by Crippen LogP contribution is -2.54. The zero-order chi connectivity index (χ0) is 26.6. The van der Waals surface area contributed by atoms with Crippen LogP contribution in [0, 0.1) is 6.92 Å². The largest absolute Gasteiger partial charge is 0.497 e. The molecule has 2 aromatic carbocycles. The number of amides is 2. The molecule has 0 spiro atoms. The van der Waals surface area contributed by atoms with E-state index in [1.165, 1.54) is 4.90 Å². The van der Waals surface area contributed by atoms with Gasteiger partial charge >= 0.3 is 0 Å². The molecule has 0 fully saturated rings. The molecule has 0 aromatic heterocycles. The number of ether oxygens (including phenoxy) is 1. The highest BCUT2D eigenvalue weighted by atomic mass is 35.5. The fraction of sp³-hybridized carbons (Fsp3) is 0.440. The second-order valence-corrected chi connectivity index (χ2v) is 11.8. The van der Waals surface area contributed by atoms with Crippen LogP contribution in [-0.2, 0) is 26.2 Å². The number of methoxy groups -OCH3 is 1. The van der Waals surface area contributed by atoms with Crippen molar-refractivity contribution in [3.05, 3.63) is 58.6 Å². The molecule has 2 rings (SSSR count). The van der Waals surface area contributed by atoms with Gasteiger partial charge in [0.1, 0.15) is 18.3 Å². The van der Waals surface area contributed by atoms with Gasteiger partial charge in [0.15, 0.2) is 0 Å². The molecule has 0 aliphatic heterocycles. The van der Waals surface area contributed by atoms with Crippen LogP contribution in [0.5, 0.6) is 5.75 Å². The Kier molecular flexibility index (Phi) is 9.19. The van der Waals surface area contributed by atoms with Gasteiger partial charge in [-0.15, -0.1) is 0 Å². The van der Waals surface area contributed by atoms with Crippen LogP contribution in [0.3, 0.4) is 0 Å². The Morgan fingerprint density at radius 2 is 1.71 bits per heavy atom. The van der Waals surface area contributed by atoms with Crippen LogP contribution < -0.4 is 14.4 Å². The molecule has 10 heteroatoms. The first-order chi connectivity index (χ1) is 16.1. The molecule has 1 atom stereocenters. The molecule has 2 amide bonds. The number of hydrogen-bond acceptors (Lipinski definition) is 5. The predicted molar refractivity (Wildman–Crippen MR) is 139 cm³/mol. The molecule has 0 saturated heterocycles. The Bertz CT molecular complexity index is 1160. The minimum absolute atomic E-state index is 0.105. The Hall–Kier alpha value is -2.78. The van der Waals surface area contributed by atoms with Crippen molar-refractivity contribution in [1.82, 2.24) is 10.2 Å². The molecule has 35 heavy (non-hydrogen) atoms. The fourth-order valence-electron chi connectivity index (χ4n) is 3.45. The summed E-state index contributed by atoms with van der Waals surface area (Å²) in [4.78, 5) is 27.9. The molecular weight excluding hydrogens is 490 g/mol. The van der Waals surface area contributed by atoms with E-state index in [9.17, 15) is 18.0 Å². The Morgan fingerprint density at radius 3 is 2.23 bits per heavy atom. The smallest absolute Gasteiger partial charge is 0.244 e. The van der Waals surface area contributed by atoms with Gasteiger partial charge < -0.3 is 15.0 Å². The molecule has 0 unspecified atom stereocenters. The molecule has 192 valence electrons. The van der Waals surface area contributed by atoms with Crippen LogP contribution in [0.15, 0.2) is 42.5 Å². The monoisotopic (exact) mass is 523 g/mol. The van der Waals surface area contributed by atoms with Crippen molar-refractivity contribution >= 4 is 39.1 Å². The first kappa shape index (κ1) is 28.5. The van der Waals surface area contributed by atoms with Gasteiger partial charge in [-0.1, -0.05) is 29.8 Å². The van der Waals surface area contributed by atoms with Gasteiger partial charge in [-0.05, 0) is 70.0 Å². The van der Waals surface area contributed by atoms with Crippen molar-refractivity contribution in [3.8, 4) is 5.75 Å². The topological polar surface area (TPSA) is 96.0 Å². The average molecular weight is 524 g/mol. The van der Waals surface area contributed by atoms with Crippen LogP contribution in [0.1, 0.15) is 38.8 Å². The van der Waals surface area contributed by atoms with E-state index in [-0.39, 0.29) is 12.5 Å². The van der Waals surface area contributed by atoms with E-state index in [1.807, 2.05) is 20.8 Å². The first-order valence-corrected chi connectivity index (χ1v) is 13.3. The molecule has 0 radical (unpaired) electrons. The van der Waals surface area contributed by atoms with E-state index < -0.39 is 34.1 Å². The normalized spacial score (nSPS) is 12.6. The number of benzene rings is 2. The van der Waals surface area contributed by atoms with Crippen LogP contribution >= 0.6 is 11.6 Å². The van der Waals surface area contributed by atoms with Gasteiger partial charge in [0.2, 0.25) is 21.8 Å². The first-order valence-electron chi connectivity index (χ1n) is 11.1. The van der Waals surface area contributed by atoms with Gasteiger partial charge in [0.05, 0.1) is 19.1 Å². The van der Waals surface area contributed by atoms with E-state index in [0.29, 0.717) is 22.0 Å². The van der Waals surface area contributed by atoms with Crippen molar-refractivity contribution < 1.29 is 22.7 Å². The lowest BCUT2D eigenvalue weighted by molar-refractivity contribution is -0.140. The number of halogens is 1. The van der Waals surface area contributed by atoms with Crippen LogP contribution in [0.25, 0.3) is 0 Å². The Morgan fingerprint density at radius 1 is 1.11 bits per heavy atom. The molecule has 8 nitrogen and oxygen atoms in total. The number of sulfonamides is 1. The quantitative estimate of drug-likeness (QED) is 0.540. The lowest BCUT2D eigenvalue weighted by Gasteiger charge is -2.33. The fourth-order valence-corrected chi connectivity index (χ4v) is 4.51. The number of nitrogens with zero attached hydrogens (tertiary/aromatic N) is 2. The summed E-state index contributed by atoms with van der Waals surface area (Å²) in [5.74, 6) is -0.212. The highest BCUT2D eigenvalue weighted by Crippen LogP contribution is 2.28. The average Bonchev–Trinajstić information content (AvgIpc) is 2.76. The zero-order valence-corrected chi connectivity index (χ0v) is 22.8. The molecule has 0 aliphatic rings. The number of carbonyl (C=O) groups excluding carboxylic acids is 2. The number of anilines is 1. The van der Waals surface area contributed by atoms with E-state index in [2.05, 4.69) is 5.32 Å². The summed E-state index contributed by atoms with van der Waals surface area (Å²) < 4.78 is 31.6. The van der Waals surface area contributed by atoms with Crippen LogP contribution in [0.4, 0.5) is 5.69 Å². The standard InChI is InChI=1S/C25H34ClN3O5S/c1-17-21(26)9-8-10-22(17)29(35(7,32)33)16-23(30)28(18(2)24(31)27-25(3,4)5)15-19-11-13-20(34-6)14-12-19/h8-14,18H,15-16H2,1-7H3,(H,27,31)/t18-/m1/s1. The molecule has 1 N–H and O–H groups in total. The van der Waals surface area contributed by atoms with E-state index >= 15 is 0 Å². The Balaban J connectivity index is 2.44. The third kappa shape index (κ3) is 7.86. The number of nitrogens with one attached hydrogen (secondary N) is 1. The summed E-state index contributed by atoms with van der Waals surface area (Å²) in [6.45, 7) is 8.48. The molecule has 0 saturated carbocycles. The highest BCUT2D eigenvalue weighted by Gasteiger charge is 2.32. The molecule has 0 aliphatic carbocycles. The van der Waals surface area contributed by atoms with Gasteiger partial charge in [0.25, 0.3) is 0 Å². The lowest BCUT2D eigenvalue weighted by atomic mass is 10.1. The van der Waals surface area contributed by atoms with Crippen molar-refractivity contribution in [2.45, 2.75) is 52.7 Å². The molecule has 0 bridgehead atoms. The summed E-state index contributed by atoms with van der Waals surface area (Å²) in [7, 11) is -2.28. The van der Waals surface area contributed by atoms with E-state index in [4.69, 9.17) is 16.3 Å². The maximum atomic E-state index is 13.6. The summed E-state index contributed by atoms with van der Waals surface area (Å²) >= 11 is 6.21. The number of carbonyl (C=O) groups is 2. The van der Waals surface area contributed by atoms with Crippen molar-refractivity contribution in [3.63, 3.8) is 0 Å². The van der Waals surface area contributed by atoms with Gasteiger partial charge in [-0.2, -0.15) is 0 Å².